The number of hydrogen-bond donors (Lipinski definition) is 1. The van der Waals surface area contributed by atoms with Gasteiger partial charge < -0.3 is 9.84 Å². The van der Waals surface area contributed by atoms with Crippen LogP contribution in [0, 0.1) is 5.82 Å². The molecule has 17 heavy (non-hydrogen) atoms. The van der Waals surface area contributed by atoms with Gasteiger partial charge in [-0.2, -0.15) is 5.10 Å². The maximum atomic E-state index is 13.2. The molecule has 1 aromatic carbocycles. The number of methoxy groups -OCH3 is 1. The van der Waals surface area contributed by atoms with Gasteiger partial charge in [-0.3, -0.25) is 0 Å². The number of hydrogen-bond acceptors (Lipinski definition) is 3. The van der Waals surface area contributed by atoms with Crippen LogP contribution in [0.15, 0.2) is 30.6 Å². The number of benzene rings is 1. The fourth-order valence-electron chi connectivity index (χ4n) is 1.37. The van der Waals surface area contributed by atoms with E-state index in [-0.39, 0.29) is 11.3 Å². The first kappa shape index (κ1) is 11.1. The summed E-state index contributed by atoms with van der Waals surface area (Å²) in [6, 6.07) is 4.15. The lowest BCUT2D eigenvalue weighted by Crippen LogP contribution is -1.97. The summed E-state index contributed by atoms with van der Waals surface area (Å²) in [6.07, 6.45) is 2.56. The lowest BCUT2D eigenvalue weighted by molar-refractivity contribution is 0.0697. The van der Waals surface area contributed by atoms with Crippen molar-refractivity contribution in [2.75, 3.05) is 7.11 Å². The second kappa shape index (κ2) is 4.25. The van der Waals surface area contributed by atoms with E-state index >= 15 is 0 Å². The minimum Gasteiger partial charge on any atom is -0.494 e. The molecule has 0 atom stereocenters. The Morgan fingerprint density at radius 1 is 1.53 bits per heavy atom. The summed E-state index contributed by atoms with van der Waals surface area (Å²) in [5.41, 5.74) is 0.587. The third-order valence-electron chi connectivity index (χ3n) is 2.23. The Morgan fingerprint density at radius 2 is 2.29 bits per heavy atom. The highest BCUT2D eigenvalue weighted by Crippen LogP contribution is 2.20. The van der Waals surface area contributed by atoms with E-state index in [9.17, 15) is 9.18 Å². The zero-order valence-corrected chi connectivity index (χ0v) is 8.92. The van der Waals surface area contributed by atoms with Crippen molar-refractivity contribution in [3.63, 3.8) is 0 Å². The Balaban J connectivity index is 2.42. The normalized spacial score (nSPS) is 10.2. The molecule has 1 aromatic heterocycles. The summed E-state index contributed by atoms with van der Waals surface area (Å²) in [5, 5.41) is 12.6. The molecule has 0 radical (unpaired) electrons. The average molecular weight is 236 g/mol. The Kier molecular flexibility index (Phi) is 2.78. The van der Waals surface area contributed by atoms with Crippen molar-refractivity contribution in [1.29, 1.82) is 0 Å². The summed E-state index contributed by atoms with van der Waals surface area (Å²) >= 11 is 0. The molecular formula is C11H9FN2O3. The van der Waals surface area contributed by atoms with E-state index in [1.807, 2.05) is 0 Å². The van der Waals surface area contributed by atoms with Crippen LogP contribution >= 0.6 is 0 Å². The molecule has 0 bridgehead atoms. The molecule has 2 aromatic rings. The average Bonchev–Trinajstić information content (AvgIpc) is 2.79. The van der Waals surface area contributed by atoms with Crippen molar-refractivity contribution in [3.05, 3.63) is 42.0 Å². The van der Waals surface area contributed by atoms with Gasteiger partial charge in [0.1, 0.15) is 0 Å². The fourth-order valence-corrected chi connectivity index (χ4v) is 1.37. The Hall–Kier alpha value is -2.37. The monoisotopic (exact) mass is 236 g/mol. The van der Waals surface area contributed by atoms with E-state index in [4.69, 9.17) is 9.84 Å². The Bertz CT molecular complexity index is 566. The van der Waals surface area contributed by atoms with E-state index in [2.05, 4.69) is 5.10 Å². The largest absolute Gasteiger partial charge is 0.494 e. The molecule has 2 rings (SSSR count). The molecule has 1 N–H and O–H groups in total. The number of nitrogens with zero attached hydrogens (tertiary/aromatic N) is 2. The number of ether oxygens (including phenoxy) is 1. The quantitative estimate of drug-likeness (QED) is 0.881. The second-order valence-corrected chi connectivity index (χ2v) is 3.30. The third-order valence-corrected chi connectivity index (χ3v) is 2.23. The summed E-state index contributed by atoms with van der Waals surface area (Å²) < 4.78 is 19.3. The number of carboxylic acid groups (broad SMARTS) is 1. The molecule has 0 fully saturated rings. The molecule has 6 heteroatoms. The van der Waals surface area contributed by atoms with Crippen LogP contribution < -0.4 is 4.74 Å². The van der Waals surface area contributed by atoms with Crippen LogP contribution in [0.25, 0.3) is 5.69 Å². The van der Waals surface area contributed by atoms with Gasteiger partial charge in [0, 0.05) is 12.3 Å². The van der Waals surface area contributed by atoms with Gasteiger partial charge in [0.25, 0.3) is 0 Å². The van der Waals surface area contributed by atoms with Crippen molar-refractivity contribution < 1.29 is 19.0 Å². The molecular weight excluding hydrogens is 227 g/mol. The highest BCUT2D eigenvalue weighted by atomic mass is 19.1. The molecule has 88 valence electrons. The van der Waals surface area contributed by atoms with Crippen LogP contribution in [-0.2, 0) is 0 Å². The number of aromatic carboxylic acids is 1. The van der Waals surface area contributed by atoms with E-state index in [1.165, 1.54) is 42.4 Å². The predicted octanol–water partition coefficient (Wildman–Crippen LogP) is 1.72. The van der Waals surface area contributed by atoms with Crippen molar-refractivity contribution in [3.8, 4) is 11.4 Å². The van der Waals surface area contributed by atoms with E-state index in [1.54, 1.807) is 0 Å². The van der Waals surface area contributed by atoms with Gasteiger partial charge in [-0.05, 0) is 12.1 Å². The minimum atomic E-state index is -1.06. The molecule has 0 unspecified atom stereocenters. The number of carbonyl (C=O) groups is 1. The maximum absolute atomic E-state index is 13.2. The number of aromatic nitrogens is 2. The van der Waals surface area contributed by atoms with Gasteiger partial charge in [0.2, 0.25) is 0 Å². The highest BCUT2D eigenvalue weighted by molar-refractivity contribution is 5.86. The third kappa shape index (κ3) is 2.10. The van der Waals surface area contributed by atoms with Crippen LogP contribution in [0.4, 0.5) is 4.39 Å². The first-order valence-corrected chi connectivity index (χ1v) is 4.73. The topological polar surface area (TPSA) is 64.3 Å². The molecule has 1 heterocycles. The summed E-state index contributed by atoms with van der Waals surface area (Å²) in [6.45, 7) is 0. The molecule has 0 spiro atoms. The summed E-state index contributed by atoms with van der Waals surface area (Å²) in [4.78, 5) is 10.7. The minimum absolute atomic E-state index is 0.0632. The van der Waals surface area contributed by atoms with Crippen molar-refractivity contribution in [2.45, 2.75) is 0 Å². The smallest absolute Gasteiger partial charge is 0.338 e. The number of rotatable bonds is 3. The van der Waals surface area contributed by atoms with Crippen molar-refractivity contribution >= 4 is 5.97 Å². The van der Waals surface area contributed by atoms with Crippen LogP contribution in [0.3, 0.4) is 0 Å². The van der Waals surface area contributed by atoms with Crippen molar-refractivity contribution in [1.82, 2.24) is 9.78 Å². The van der Waals surface area contributed by atoms with E-state index in [0.29, 0.717) is 5.69 Å². The SMILES string of the molecule is COc1cc(-n2cc(C(=O)O)cn2)ccc1F. The molecule has 0 aliphatic heterocycles. The van der Waals surface area contributed by atoms with Crippen LogP contribution in [0.5, 0.6) is 5.75 Å². The first-order valence-electron chi connectivity index (χ1n) is 4.73. The summed E-state index contributed by atoms with van der Waals surface area (Å²) in [7, 11) is 1.36. The Labute approximate surface area is 96.1 Å². The lowest BCUT2D eigenvalue weighted by Gasteiger charge is -2.05. The highest BCUT2D eigenvalue weighted by Gasteiger charge is 2.09. The molecule has 0 amide bonds. The molecule has 0 saturated carbocycles. The fraction of sp³-hybridized carbons (Fsp3) is 0.0909. The van der Waals surface area contributed by atoms with Gasteiger partial charge in [-0.25, -0.2) is 13.9 Å². The van der Waals surface area contributed by atoms with Crippen LogP contribution in [0.2, 0.25) is 0 Å². The molecule has 0 aliphatic rings. The second-order valence-electron chi connectivity index (χ2n) is 3.30. The predicted molar refractivity (Wildman–Crippen MR) is 57.0 cm³/mol. The van der Waals surface area contributed by atoms with Gasteiger partial charge >= 0.3 is 5.97 Å². The first-order chi connectivity index (χ1) is 8.11. The van der Waals surface area contributed by atoms with E-state index < -0.39 is 11.8 Å². The maximum Gasteiger partial charge on any atom is 0.338 e. The molecule has 5 nitrogen and oxygen atoms in total. The molecule has 0 saturated heterocycles. The lowest BCUT2D eigenvalue weighted by atomic mass is 10.3. The van der Waals surface area contributed by atoms with Gasteiger partial charge in [-0.15, -0.1) is 0 Å². The number of halogens is 1. The zero-order chi connectivity index (χ0) is 12.4. The van der Waals surface area contributed by atoms with Crippen LogP contribution in [-0.4, -0.2) is 28.0 Å². The Morgan fingerprint density at radius 3 is 2.88 bits per heavy atom. The zero-order valence-electron chi connectivity index (χ0n) is 8.92. The van der Waals surface area contributed by atoms with Gasteiger partial charge in [0.05, 0.1) is 24.6 Å². The van der Waals surface area contributed by atoms with Gasteiger partial charge in [0.15, 0.2) is 11.6 Å². The number of carboxylic acids is 1. The van der Waals surface area contributed by atoms with Gasteiger partial charge in [-0.1, -0.05) is 0 Å². The van der Waals surface area contributed by atoms with E-state index in [0.717, 1.165) is 0 Å². The molecule has 0 aliphatic carbocycles. The summed E-state index contributed by atoms with van der Waals surface area (Å²) in [5.74, 6) is -1.47. The standard InChI is InChI=1S/C11H9FN2O3/c1-17-10-4-8(2-3-9(10)12)14-6-7(5-13-14)11(15)16/h2-6H,1H3,(H,15,16). The van der Waals surface area contributed by atoms with Crippen molar-refractivity contribution in [2.24, 2.45) is 0 Å². The van der Waals surface area contributed by atoms with Crippen LogP contribution in [0.1, 0.15) is 10.4 Å².